The first-order valence-corrected chi connectivity index (χ1v) is 10.7. The van der Waals surface area contributed by atoms with E-state index in [1.807, 2.05) is 0 Å². The van der Waals surface area contributed by atoms with E-state index in [4.69, 9.17) is 14.2 Å². The second-order valence-corrected chi connectivity index (χ2v) is 7.97. The Morgan fingerprint density at radius 2 is 1.88 bits per heavy atom. The van der Waals surface area contributed by atoms with E-state index in [-0.39, 0.29) is 29.7 Å². The van der Waals surface area contributed by atoms with Crippen molar-refractivity contribution in [3.63, 3.8) is 0 Å². The van der Waals surface area contributed by atoms with Crippen molar-refractivity contribution in [2.24, 2.45) is 0 Å². The number of methoxy groups -OCH3 is 2. The quantitative estimate of drug-likeness (QED) is 0.267. The molecule has 0 atom stereocenters. The molecule has 33 heavy (non-hydrogen) atoms. The summed E-state index contributed by atoms with van der Waals surface area (Å²) in [5.41, 5.74) is -5.46. The highest BCUT2D eigenvalue weighted by Crippen LogP contribution is 2.30. The molecule has 0 amide bonds. The number of benzene rings is 1. The Balaban J connectivity index is 2.13. The van der Waals surface area contributed by atoms with Gasteiger partial charge in [-0.2, -0.15) is 31.7 Å². The van der Waals surface area contributed by atoms with E-state index in [9.17, 15) is 26.4 Å². The van der Waals surface area contributed by atoms with Gasteiger partial charge in [0, 0.05) is 17.7 Å². The van der Waals surface area contributed by atoms with Crippen LogP contribution < -0.4 is 13.7 Å². The highest BCUT2D eigenvalue weighted by Gasteiger charge is 2.49. The van der Waals surface area contributed by atoms with Crippen molar-refractivity contribution in [2.75, 3.05) is 20.8 Å². The van der Waals surface area contributed by atoms with Crippen LogP contribution in [0.4, 0.5) is 13.2 Å². The molecule has 0 bridgehead atoms. The van der Waals surface area contributed by atoms with Crippen molar-refractivity contribution in [2.45, 2.75) is 19.0 Å². The third-order valence-electron chi connectivity index (χ3n) is 4.37. The van der Waals surface area contributed by atoms with Crippen LogP contribution in [0, 0.1) is 0 Å². The van der Waals surface area contributed by atoms with Crippen molar-refractivity contribution >= 4 is 27.1 Å². The summed E-state index contributed by atoms with van der Waals surface area (Å²) in [5, 5.41) is 4.25. The minimum atomic E-state index is -6.03. The van der Waals surface area contributed by atoms with Gasteiger partial charge in [0.25, 0.3) is 0 Å². The van der Waals surface area contributed by atoms with Gasteiger partial charge in [-0.15, -0.1) is 0 Å². The van der Waals surface area contributed by atoms with Crippen LogP contribution in [-0.4, -0.2) is 55.5 Å². The van der Waals surface area contributed by atoms with Crippen LogP contribution in [0.1, 0.15) is 22.8 Å². The number of fused-ring (bicyclic) bond motifs is 1. The van der Waals surface area contributed by atoms with Crippen LogP contribution in [-0.2, 0) is 21.4 Å². The Morgan fingerprint density at radius 3 is 2.48 bits per heavy atom. The molecule has 0 aliphatic carbocycles. The fourth-order valence-corrected chi connectivity index (χ4v) is 3.27. The smallest absolute Gasteiger partial charge is 0.497 e. The Bertz CT molecular complexity index is 1290. The van der Waals surface area contributed by atoms with Crippen molar-refractivity contribution in [1.29, 1.82) is 0 Å². The molecule has 0 N–H and O–H groups in total. The molecule has 1 aromatic carbocycles. The van der Waals surface area contributed by atoms with Gasteiger partial charge in [-0.1, -0.05) is 0 Å². The van der Waals surface area contributed by atoms with E-state index in [1.165, 1.54) is 32.0 Å². The lowest BCUT2D eigenvalue weighted by Gasteiger charge is -2.12. The number of pyridine rings is 1. The minimum Gasteiger partial charge on any atom is -0.497 e. The summed E-state index contributed by atoms with van der Waals surface area (Å²) in [6.07, 6.45) is 1.26. The molecule has 178 valence electrons. The van der Waals surface area contributed by atoms with E-state index in [0.29, 0.717) is 17.1 Å². The van der Waals surface area contributed by atoms with Gasteiger partial charge >= 0.3 is 21.6 Å². The molecule has 3 aromatic rings. The van der Waals surface area contributed by atoms with Gasteiger partial charge in [0.05, 0.1) is 44.5 Å². The Kier molecular flexibility index (Phi) is 6.67. The normalized spacial score (nSPS) is 11.9. The van der Waals surface area contributed by atoms with Crippen LogP contribution in [0.3, 0.4) is 0 Å². The summed E-state index contributed by atoms with van der Waals surface area (Å²) in [5.74, 6) is -0.931. The third-order valence-corrected chi connectivity index (χ3v) is 5.33. The zero-order chi connectivity index (χ0) is 24.4. The van der Waals surface area contributed by atoms with Crippen LogP contribution in [0.15, 0.2) is 30.5 Å². The standard InChI is InChI=1S/C19H18F3N3O7S/c1-4-31-18(26)13-8-16(32-33(27,28)19(20,21)22)24-17-14(13)9-23-25(17)10-11-5-6-12(29-2)7-15(11)30-3/h5-9H,4,10H2,1-3H3. The van der Waals surface area contributed by atoms with Crippen molar-refractivity contribution in [3.05, 3.63) is 41.6 Å². The summed E-state index contributed by atoms with van der Waals surface area (Å²) >= 11 is 0. The number of alkyl halides is 3. The molecule has 0 radical (unpaired) electrons. The Morgan fingerprint density at radius 1 is 1.15 bits per heavy atom. The van der Waals surface area contributed by atoms with E-state index < -0.39 is 27.5 Å². The van der Waals surface area contributed by atoms with Crippen LogP contribution in [0.5, 0.6) is 17.4 Å². The van der Waals surface area contributed by atoms with Gasteiger partial charge in [0.2, 0.25) is 5.88 Å². The van der Waals surface area contributed by atoms with Gasteiger partial charge in [-0.25, -0.2) is 9.48 Å². The molecule has 0 unspecified atom stereocenters. The molecular weight excluding hydrogens is 471 g/mol. The number of nitrogens with zero attached hydrogens (tertiary/aromatic N) is 3. The van der Waals surface area contributed by atoms with Gasteiger partial charge in [0.15, 0.2) is 5.65 Å². The summed E-state index contributed by atoms with van der Waals surface area (Å²) in [6.45, 7) is 1.51. The SMILES string of the molecule is CCOC(=O)c1cc(OS(=O)(=O)C(F)(F)F)nc2c1cnn2Cc1ccc(OC)cc1OC. The van der Waals surface area contributed by atoms with Crippen molar-refractivity contribution < 1.29 is 44.8 Å². The molecule has 0 fully saturated rings. The molecule has 0 aliphatic rings. The molecule has 0 saturated carbocycles. The highest BCUT2D eigenvalue weighted by molar-refractivity contribution is 7.87. The third kappa shape index (κ3) is 4.94. The topological polar surface area (TPSA) is 119 Å². The first-order chi connectivity index (χ1) is 15.5. The Hall–Kier alpha value is -3.55. The number of hydrogen-bond donors (Lipinski definition) is 0. The first kappa shape index (κ1) is 24.1. The van der Waals surface area contributed by atoms with E-state index in [0.717, 1.165) is 6.07 Å². The average Bonchev–Trinajstić information content (AvgIpc) is 3.15. The van der Waals surface area contributed by atoms with Gasteiger partial charge in [-0.3, -0.25) is 0 Å². The predicted octanol–water partition coefficient (Wildman–Crippen LogP) is 2.90. The molecule has 3 rings (SSSR count). The number of aromatic nitrogens is 3. The average molecular weight is 489 g/mol. The van der Waals surface area contributed by atoms with E-state index in [1.54, 1.807) is 18.2 Å². The zero-order valence-electron chi connectivity index (χ0n) is 17.5. The largest absolute Gasteiger partial charge is 0.534 e. The monoisotopic (exact) mass is 489 g/mol. The zero-order valence-corrected chi connectivity index (χ0v) is 18.4. The molecule has 0 saturated heterocycles. The lowest BCUT2D eigenvalue weighted by Crippen LogP contribution is -2.28. The molecule has 14 heteroatoms. The number of hydrogen-bond acceptors (Lipinski definition) is 9. The first-order valence-electron chi connectivity index (χ1n) is 9.26. The summed E-state index contributed by atoms with van der Waals surface area (Å²) in [6, 6.07) is 5.70. The van der Waals surface area contributed by atoms with E-state index >= 15 is 0 Å². The summed E-state index contributed by atoms with van der Waals surface area (Å²) < 4.78 is 82.1. The molecule has 0 aliphatic heterocycles. The summed E-state index contributed by atoms with van der Waals surface area (Å²) in [4.78, 5) is 16.2. The molecule has 10 nitrogen and oxygen atoms in total. The number of ether oxygens (including phenoxy) is 3. The summed E-state index contributed by atoms with van der Waals surface area (Å²) in [7, 11) is -3.11. The Labute approximate surface area is 185 Å². The van der Waals surface area contributed by atoms with Gasteiger partial charge in [0.1, 0.15) is 11.5 Å². The van der Waals surface area contributed by atoms with Crippen LogP contribution >= 0.6 is 0 Å². The fourth-order valence-electron chi connectivity index (χ4n) is 2.86. The maximum atomic E-state index is 12.8. The van der Waals surface area contributed by atoms with Gasteiger partial charge < -0.3 is 18.4 Å². The van der Waals surface area contributed by atoms with Crippen LogP contribution in [0.25, 0.3) is 11.0 Å². The van der Waals surface area contributed by atoms with Crippen molar-refractivity contribution in [3.8, 4) is 17.4 Å². The molecule has 2 heterocycles. The van der Waals surface area contributed by atoms with E-state index in [2.05, 4.69) is 14.3 Å². The molecule has 2 aromatic heterocycles. The van der Waals surface area contributed by atoms with Gasteiger partial charge in [-0.05, 0) is 19.1 Å². The fraction of sp³-hybridized carbons (Fsp3) is 0.316. The maximum Gasteiger partial charge on any atom is 0.534 e. The number of halogens is 3. The number of esters is 1. The molecule has 0 spiro atoms. The number of carbonyl (C=O) groups is 1. The molecular formula is C19H18F3N3O7S. The van der Waals surface area contributed by atoms with Crippen LogP contribution in [0.2, 0.25) is 0 Å². The second-order valence-electron chi connectivity index (χ2n) is 6.43. The lowest BCUT2D eigenvalue weighted by molar-refractivity contribution is -0.0501. The second kappa shape index (κ2) is 9.13. The van der Waals surface area contributed by atoms with Crippen molar-refractivity contribution in [1.82, 2.24) is 14.8 Å². The minimum absolute atomic E-state index is 0.0153. The highest BCUT2D eigenvalue weighted by atomic mass is 32.2. The number of carbonyl (C=O) groups excluding carboxylic acids is 1. The predicted molar refractivity (Wildman–Crippen MR) is 108 cm³/mol. The maximum absolute atomic E-state index is 12.8. The number of rotatable bonds is 8. The lowest BCUT2D eigenvalue weighted by atomic mass is 10.1.